The number of rotatable bonds is 6. The first-order valence-corrected chi connectivity index (χ1v) is 5.76. The highest BCUT2D eigenvalue weighted by Gasteiger charge is 2.16. The molecule has 0 aromatic rings. The molecule has 0 saturated heterocycles. The molecule has 0 bridgehead atoms. The van der Waals surface area contributed by atoms with E-state index in [1.54, 1.807) is 0 Å². The van der Waals surface area contributed by atoms with Crippen LogP contribution in [0.4, 0.5) is 0 Å². The van der Waals surface area contributed by atoms with Gasteiger partial charge in [-0.3, -0.25) is 9.59 Å². The van der Waals surface area contributed by atoms with Crippen LogP contribution in [0.25, 0.3) is 0 Å². The van der Waals surface area contributed by atoms with Crippen LogP contribution >= 0.6 is 12.6 Å². The van der Waals surface area contributed by atoms with Gasteiger partial charge in [0, 0.05) is 17.6 Å². The predicted octanol–water partition coefficient (Wildman–Crippen LogP) is 2.74. The molecule has 0 aliphatic heterocycles. The highest BCUT2D eigenvalue weighted by molar-refractivity contribution is 7.81. The summed E-state index contributed by atoms with van der Waals surface area (Å²) >= 11 is 4.28. The van der Waals surface area contributed by atoms with E-state index in [-0.39, 0.29) is 11.2 Å². The average molecular weight is 232 g/mol. The molecule has 88 valence electrons. The maximum absolute atomic E-state index is 11.2. The fraction of sp³-hybridized carbons (Fsp3) is 0.818. The Bertz CT molecular complexity index is 218. The molecule has 0 aliphatic carbocycles. The predicted molar refractivity (Wildman–Crippen MR) is 62.9 cm³/mol. The summed E-state index contributed by atoms with van der Waals surface area (Å²) < 4.78 is 4.43. The molecule has 15 heavy (non-hydrogen) atoms. The van der Waals surface area contributed by atoms with Crippen molar-refractivity contribution in [3.63, 3.8) is 0 Å². The zero-order valence-corrected chi connectivity index (χ0v) is 10.6. The molecule has 0 spiro atoms. The molecule has 3 nitrogen and oxygen atoms in total. The Labute approximate surface area is 97.0 Å². The molecule has 0 amide bonds. The minimum absolute atomic E-state index is 0.203. The van der Waals surface area contributed by atoms with Gasteiger partial charge in [0.2, 0.25) is 0 Å². The summed E-state index contributed by atoms with van der Waals surface area (Å²) in [5.74, 6) is -0.864. The monoisotopic (exact) mass is 232 g/mol. The first-order valence-electron chi connectivity index (χ1n) is 5.31. The second-order valence-corrected chi connectivity index (χ2v) is 5.47. The lowest BCUT2D eigenvalue weighted by molar-refractivity contribution is -0.159. The smallest absolute Gasteiger partial charge is 0.313 e. The summed E-state index contributed by atoms with van der Waals surface area (Å²) in [6.45, 7) is 5.82. The van der Waals surface area contributed by atoms with Crippen LogP contribution < -0.4 is 0 Å². The number of carbonyl (C=O) groups excluding carboxylic acids is 2. The maximum atomic E-state index is 11.2. The fourth-order valence-corrected chi connectivity index (χ4v) is 1.07. The van der Waals surface area contributed by atoms with Crippen molar-refractivity contribution < 1.29 is 14.3 Å². The van der Waals surface area contributed by atoms with Gasteiger partial charge in [0.1, 0.15) is 0 Å². The Morgan fingerprint density at radius 2 is 1.73 bits per heavy atom. The van der Waals surface area contributed by atoms with Gasteiger partial charge in [-0.25, -0.2) is 0 Å². The van der Waals surface area contributed by atoms with Crippen LogP contribution in [0.3, 0.4) is 0 Å². The standard InChI is InChI=1S/C11H20O3S/c1-4-5-6-9(12)14-10(13)7-8-11(2,3)15/h15H,4-8H2,1-3H3. The minimum atomic E-state index is -0.446. The van der Waals surface area contributed by atoms with Crippen LogP contribution in [0.5, 0.6) is 0 Å². The van der Waals surface area contributed by atoms with Crippen LogP contribution in [0.1, 0.15) is 52.9 Å². The van der Waals surface area contributed by atoms with Gasteiger partial charge in [-0.15, -0.1) is 0 Å². The maximum Gasteiger partial charge on any atom is 0.313 e. The fourth-order valence-electron chi connectivity index (χ4n) is 0.958. The summed E-state index contributed by atoms with van der Waals surface area (Å²) in [6, 6.07) is 0. The molecule has 0 heterocycles. The molecular weight excluding hydrogens is 212 g/mol. The first-order chi connectivity index (χ1) is 6.85. The Morgan fingerprint density at radius 3 is 2.20 bits per heavy atom. The van der Waals surface area contributed by atoms with Crippen molar-refractivity contribution in [2.45, 2.75) is 57.6 Å². The van der Waals surface area contributed by atoms with Gasteiger partial charge in [-0.05, 0) is 12.8 Å². The summed E-state index contributed by atoms with van der Waals surface area (Å²) in [4.78, 5) is 22.3. The third-order valence-electron chi connectivity index (χ3n) is 1.90. The van der Waals surface area contributed by atoms with E-state index in [9.17, 15) is 9.59 Å². The van der Waals surface area contributed by atoms with Crippen molar-refractivity contribution in [3.8, 4) is 0 Å². The third kappa shape index (κ3) is 9.79. The van der Waals surface area contributed by atoms with Crippen LogP contribution in [0, 0.1) is 0 Å². The molecule has 0 fully saturated rings. The molecule has 0 N–H and O–H groups in total. The van der Waals surface area contributed by atoms with E-state index in [1.807, 2.05) is 20.8 Å². The lowest BCUT2D eigenvalue weighted by Crippen LogP contribution is -2.17. The van der Waals surface area contributed by atoms with Gasteiger partial charge in [-0.1, -0.05) is 27.2 Å². The molecular formula is C11H20O3S. The first kappa shape index (κ1) is 14.5. The van der Waals surface area contributed by atoms with Crippen LogP contribution in [0.15, 0.2) is 0 Å². The SMILES string of the molecule is CCCCC(=O)OC(=O)CCC(C)(C)S. The van der Waals surface area contributed by atoms with Gasteiger partial charge >= 0.3 is 11.9 Å². The number of carbonyl (C=O) groups is 2. The average Bonchev–Trinajstić information content (AvgIpc) is 2.10. The van der Waals surface area contributed by atoms with Gasteiger partial charge in [0.15, 0.2) is 0 Å². The van der Waals surface area contributed by atoms with Crippen molar-refractivity contribution in [2.24, 2.45) is 0 Å². The van der Waals surface area contributed by atoms with Crippen LogP contribution in [-0.2, 0) is 14.3 Å². The van der Waals surface area contributed by atoms with Gasteiger partial charge in [-0.2, -0.15) is 12.6 Å². The van der Waals surface area contributed by atoms with Crippen LogP contribution in [0.2, 0.25) is 0 Å². The number of unbranched alkanes of at least 4 members (excludes halogenated alkanes) is 1. The van der Waals surface area contributed by atoms with Gasteiger partial charge in [0.25, 0.3) is 0 Å². The van der Waals surface area contributed by atoms with Crippen molar-refractivity contribution in [1.82, 2.24) is 0 Å². The van der Waals surface area contributed by atoms with E-state index in [0.29, 0.717) is 12.8 Å². The summed E-state index contributed by atoms with van der Waals surface area (Å²) in [7, 11) is 0. The molecule has 0 aliphatic rings. The largest absolute Gasteiger partial charge is 0.393 e. The molecule has 0 unspecified atom stereocenters. The molecule has 0 rings (SSSR count). The van der Waals surface area contributed by atoms with Gasteiger partial charge in [0.05, 0.1) is 0 Å². The number of hydrogen-bond acceptors (Lipinski definition) is 4. The molecule has 0 saturated carbocycles. The number of esters is 2. The minimum Gasteiger partial charge on any atom is -0.393 e. The lowest BCUT2D eigenvalue weighted by Gasteiger charge is -2.15. The highest BCUT2D eigenvalue weighted by atomic mass is 32.1. The van der Waals surface area contributed by atoms with Crippen molar-refractivity contribution in [2.75, 3.05) is 0 Å². The Kier molecular flexibility index (Phi) is 6.65. The third-order valence-corrected chi connectivity index (χ3v) is 2.13. The highest BCUT2D eigenvalue weighted by Crippen LogP contribution is 2.19. The summed E-state index contributed by atoms with van der Waals surface area (Å²) in [5, 5.41) is 0. The second kappa shape index (κ2) is 6.88. The Hall–Kier alpha value is -0.510. The Morgan fingerprint density at radius 1 is 1.20 bits per heavy atom. The molecule has 0 radical (unpaired) electrons. The molecule has 0 aromatic carbocycles. The topological polar surface area (TPSA) is 43.4 Å². The zero-order chi connectivity index (χ0) is 11.9. The molecule has 0 aromatic heterocycles. The normalized spacial score (nSPS) is 11.2. The number of thiol groups is 1. The van der Waals surface area contributed by atoms with E-state index < -0.39 is 11.9 Å². The molecule has 0 atom stereocenters. The number of ether oxygens (including phenoxy) is 1. The summed E-state index contributed by atoms with van der Waals surface area (Å²) in [5.41, 5.74) is 0. The van der Waals surface area contributed by atoms with E-state index in [1.165, 1.54) is 0 Å². The number of hydrogen-bond donors (Lipinski definition) is 1. The van der Waals surface area contributed by atoms with Crippen molar-refractivity contribution >= 4 is 24.6 Å². The quantitative estimate of drug-likeness (QED) is 0.435. The van der Waals surface area contributed by atoms with Crippen molar-refractivity contribution in [3.05, 3.63) is 0 Å². The zero-order valence-electron chi connectivity index (χ0n) is 9.71. The lowest BCUT2D eigenvalue weighted by atomic mass is 10.1. The van der Waals surface area contributed by atoms with E-state index in [0.717, 1.165) is 12.8 Å². The van der Waals surface area contributed by atoms with Gasteiger partial charge < -0.3 is 4.74 Å². The van der Waals surface area contributed by atoms with E-state index >= 15 is 0 Å². The second-order valence-electron chi connectivity index (χ2n) is 4.26. The van der Waals surface area contributed by atoms with Crippen molar-refractivity contribution in [1.29, 1.82) is 0 Å². The van der Waals surface area contributed by atoms with E-state index in [2.05, 4.69) is 17.4 Å². The van der Waals surface area contributed by atoms with E-state index in [4.69, 9.17) is 0 Å². The molecule has 4 heteroatoms. The van der Waals surface area contributed by atoms with Crippen LogP contribution in [-0.4, -0.2) is 16.7 Å². The summed E-state index contributed by atoms with van der Waals surface area (Å²) in [6.07, 6.45) is 2.87. The Balaban J connectivity index is 3.70.